The summed E-state index contributed by atoms with van der Waals surface area (Å²) in [7, 11) is 0. The van der Waals surface area contributed by atoms with Gasteiger partial charge in [-0.15, -0.1) is 0 Å². The second-order valence-corrected chi connectivity index (χ2v) is 5.09. The lowest BCUT2D eigenvalue weighted by Crippen LogP contribution is -2.67. The summed E-state index contributed by atoms with van der Waals surface area (Å²) in [6, 6.07) is 0. The Morgan fingerprint density at radius 2 is 1.75 bits per heavy atom. The van der Waals surface area contributed by atoms with Crippen LogP contribution in [0.25, 0.3) is 10.4 Å². The normalized spacial score (nSPS) is 32.4. The maximum absolute atomic E-state index is 8.16. The van der Waals surface area contributed by atoms with Crippen LogP contribution in [0.15, 0.2) is 5.11 Å². The highest BCUT2D eigenvalue weighted by Gasteiger charge is 2.37. The van der Waals surface area contributed by atoms with Crippen molar-refractivity contribution < 1.29 is 4.48 Å². The predicted octanol–water partition coefficient (Wildman–Crippen LogP) is 1.61. The van der Waals surface area contributed by atoms with Gasteiger partial charge in [-0.3, -0.25) is 4.90 Å². The molecule has 5 nitrogen and oxygen atoms in total. The number of azide groups is 1. The summed E-state index contributed by atoms with van der Waals surface area (Å²) in [5.41, 5.74) is 8.16. The van der Waals surface area contributed by atoms with Crippen molar-refractivity contribution in [2.24, 2.45) is 5.11 Å². The van der Waals surface area contributed by atoms with Gasteiger partial charge in [-0.05, 0) is 24.8 Å². The van der Waals surface area contributed by atoms with Crippen LogP contribution in [0.2, 0.25) is 0 Å². The van der Waals surface area contributed by atoms with Crippen molar-refractivity contribution in [1.82, 2.24) is 4.90 Å². The Balaban J connectivity index is 1.63. The third-order valence-electron chi connectivity index (χ3n) is 4.13. The standard InChI is InChI=1S/C11H22N5/c12-14-13-4-2-1-3-8-16-9-5-15(6-10-16)7-11-16/h1-11H2/q+1. The summed E-state index contributed by atoms with van der Waals surface area (Å²) in [4.78, 5) is 5.36. The van der Waals surface area contributed by atoms with Crippen LogP contribution in [0, 0.1) is 0 Å². The second kappa shape index (κ2) is 5.53. The van der Waals surface area contributed by atoms with Crippen molar-refractivity contribution in [3.63, 3.8) is 0 Å². The second-order valence-electron chi connectivity index (χ2n) is 5.09. The molecule has 0 amide bonds. The third-order valence-corrected chi connectivity index (χ3v) is 4.13. The Bertz CT molecular complexity index is 250. The number of unbranched alkanes of at least 4 members (excludes halogenated alkanes) is 2. The van der Waals surface area contributed by atoms with Gasteiger partial charge in [-0.2, -0.15) is 0 Å². The van der Waals surface area contributed by atoms with Crippen molar-refractivity contribution in [1.29, 1.82) is 0 Å². The van der Waals surface area contributed by atoms with E-state index in [1.807, 2.05) is 0 Å². The van der Waals surface area contributed by atoms with E-state index in [1.165, 1.54) is 63.1 Å². The summed E-state index contributed by atoms with van der Waals surface area (Å²) in [5.74, 6) is 0. The van der Waals surface area contributed by atoms with E-state index in [2.05, 4.69) is 14.9 Å². The van der Waals surface area contributed by atoms with E-state index in [0.29, 0.717) is 6.54 Å². The first kappa shape index (κ1) is 11.7. The first-order valence-corrected chi connectivity index (χ1v) is 6.43. The molecule has 0 aromatic carbocycles. The molecule has 5 heteroatoms. The summed E-state index contributed by atoms with van der Waals surface area (Å²) in [5, 5.41) is 3.57. The molecule has 0 N–H and O–H groups in total. The lowest BCUT2D eigenvalue weighted by atomic mass is 10.1. The van der Waals surface area contributed by atoms with Crippen LogP contribution in [0.3, 0.4) is 0 Å². The lowest BCUT2D eigenvalue weighted by molar-refractivity contribution is -0.941. The number of nitrogens with zero attached hydrogens (tertiary/aromatic N) is 5. The lowest BCUT2D eigenvalue weighted by Gasteiger charge is -2.50. The molecule has 90 valence electrons. The zero-order valence-electron chi connectivity index (χ0n) is 10.0. The fourth-order valence-corrected chi connectivity index (χ4v) is 2.92. The molecule has 0 radical (unpaired) electrons. The van der Waals surface area contributed by atoms with Crippen molar-refractivity contribution in [3.05, 3.63) is 10.4 Å². The molecule has 0 saturated carbocycles. The van der Waals surface area contributed by atoms with Crippen LogP contribution >= 0.6 is 0 Å². The van der Waals surface area contributed by atoms with Crippen LogP contribution in [0.5, 0.6) is 0 Å². The summed E-state index contributed by atoms with van der Waals surface area (Å²) < 4.78 is 1.36. The van der Waals surface area contributed by atoms with Gasteiger partial charge in [0.1, 0.15) is 0 Å². The minimum absolute atomic E-state index is 0.671. The molecule has 0 atom stereocenters. The van der Waals surface area contributed by atoms with Gasteiger partial charge >= 0.3 is 0 Å². The van der Waals surface area contributed by atoms with Gasteiger partial charge < -0.3 is 4.48 Å². The van der Waals surface area contributed by atoms with E-state index in [9.17, 15) is 0 Å². The zero-order valence-corrected chi connectivity index (χ0v) is 10.0. The number of piperazine rings is 3. The van der Waals surface area contributed by atoms with E-state index in [-0.39, 0.29) is 0 Å². The Kier molecular flexibility index (Phi) is 4.04. The predicted molar refractivity (Wildman–Crippen MR) is 64.0 cm³/mol. The zero-order chi connectivity index (χ0) is 11.3. The molecule has 3 aliphatic rings. The highest BCUT2D eigenvalue weighted by atomic mass is 15.4. The van der Waals surface area contributed by atoms with Crippen LogP contribution in [0.4, 0.5) is 0 Å². The molecule has 16 heavy (non-hydrogen) atoms. The Hall–Kier alpha value is -0.770. The van der Waals surface area contributed by atoms with E-state index < -0.39 is 0 Å². The molecule has 3 heterocycles. The van der Waals surface area contributed by atoms with Crippen molar-refractivity contribution >= 4 is 0 Å². The Morgan fingerprint density at radius 1 is 1.06 bits per heavy atom. The van der Waals surface area contributed by atoms with Gasteiger partial charge in [0.15, 0.2) is 0 Å². The topological polar surface area (TPSA) is 52.0 Å². The molecule has 3 rings (SSSR count). The first-order valence-electron chi connectivity index (χ1n) is 6.43. The molecular formula is C11H22N5+. The minimum Gasteiger partial charge on any atom is -0.320 e. The monoisotopic (exact) mass is 224 g/mol. The number of hydrogen-bond acceptors (Lipinski definition) is 2. The van der Waals surface area contributed by atoms with Crippen LogP contribution < -0.4 is 0 Å². The number of hydrogen-bond donors (Lipinski definition) is 0. The molecule has 2 bridgehead atoms. The molecule has 0 spiro atoms. The van der Waals surface area contributed by atoms with Gasteiger partial charge in [0.25, 0.3) is 0 Å². The summed E-state index contributed by atoms with van der Waals surface area (Å²) in [6.45, 7) is 9.99. The van der Waals surface area contributed by atoms with Crippen LogP contribution in [0.1, 0.15) is 19.3 Å². The largest absolute Gasteiger partial charge is 0.320 e. The third kappa shape index (κ3) is 2.88. The van der Waals surface area contributed by atoms with Gasteiger partial charge in [-0.1, -0.05) is 5.11 Å². The highest BCUT2D eigenvalue weighted by Crippen LogP contribution is 2.20. The molecule has 0 aromatic heterocycles. The fraction of sp³-hybridized carbons (Fsp3) is 1.00. The smallest absolute Gasteiger partial charge is 0.0916 e. The van der Waals surface area contributed by atoms with E-state index >= 15 is 0 Å². The summed E-state index contributed by atoms with van der Waals surface area (Å²) in [6.07, 6.45) is 3.56. The average Bonchev–Trinajstić information content (AvgIpc) is 2.36. The first-order chi connectivity index (χ1) is 7.85. The van der Waals surface area contributed by atoms with Crippen molar-refractivity contribution in [2.75, 3.05) is 52.4 Å². The van der Waals surface area contributed by atoms with Gasteiger partial charge in [0, 0.05) is 31.1 Å². The molecule has 3 aliphatic heterocycles. The summed E-state index contributed by atoms with van der Waals surface area (Å²) >= 11 is 0. The van der Waals surface area contributed by atoms with E-state index in [1.54, 1.807) is 0 Å². The SMILES string of the molecule is [N-]=[N+]=NCCCCC[N+]12CCN(CC1)CC2. The Morgan fingerprint density at radius 3 is 2.38 bits per heavy atom. The number of fused-ring (bicyclic) bond motifs is 3. The molecule has 0 aliphatic carbocycles. The van der Waals surface area contributed by atoms with Crippen molar-refractivity contribution in [3.8, 4) is 0 Å². The molecule has 3 fully saturated rings. The highest BCUT2D eigenvalue weighted by molar-refractivity contribution is 4.70. The fourth-order valence-electron chi connectivity index (χ4n) is 2.92. The van der Waals surface area contributed by atoms with Gasteiger partial charge in [0.2, 0.25) is 0 Å². The minimum atomic E-state index is 0.671. The van der Waals surface area contributed by atoms with E-state index in [4.69, 9.17) is 5.53 Å². The molecule has 3 saturated heterocycles. The average molecular weight is 224 g/mol. The molecule has 0 unspecified atom stereocenters. The maximum atomic E-state index is 8.16. The quantitative estimate of drug-likeness (QED) is 0.222. The van der Waals surface area contributed by atoms with E-state index in [0.717, 1.165) is 6.42 Å². The molecular weight excluding hydrogens is 202 g/mol. The van der Waals surface area contributed by atoms with Crippen LogP contribution in [-0.4, -0.2) is 61.7 Å². The number of rotatable bonds is 6. The van der Waals surface area contributed by atoms with Gasteiger partial charge in [-0.25, -0.2) is 0 Å². The van der Waals surface area contributed by atoms with Crippen molar-refractivity contribution in [2.45, 2.75) is 19.3 Å². The Labute approximate surface area is 97.2 Å². The van der Waals surface area contributed by atoms with Crippen LogP contribution in [-0.2, 0) is 0 Å². The maximum Gasteiger partial charge on any atom is 0.0916 e. The van der Waals surface area contributed by atoms with Gasteiger partial charge in [0.05, 0.1) is 26.2 Å². The molecule has 0 aromatic rings. The number of quaternary nitrogens is 1.